The molecular formula is C28H25NO5. The number of nitrogens with zero attached hydrogens (tertiary/aromatic N) is 1. The molecule has 1 saturated heterocycles. The molecule has 0 radical (unpaired) electrons. The van der Waals surface area contributed by atoms with Crippen LogP contribution in [0.1, 0.15) is 40.2 Å². The number of carbonyl (C=O) groups excluding carboxylic acids is 2. The Labute approximate surface area is 197 Å². The van der Waals surface area contributed by atoms with Gasteiger partial charge in [-0.3, -0.25) is 9.59 Å². The Morgan fingerprint density at radius 3 is 1.91 bits per heavy atom. The van der Waals surface area contributed by atoms with Gasteiger partial charge in [0.1, 0.15) is 12.0 Å². The SMILES string of the molecule is O=C(OCC1c2ccccc2-c2ccccc21)N1CCC(C(=O)O)(C(=O)c2ccccc2)CC1. The Kier molecular flexibility index (Phi) is 5.65. The highest BCUT2D eigenvalue weighted by molar-refractivity contribution is 6.12. The number of carboxylic acid groups (broad SMARTS) is 1. The lowest BCUT2D eigenvalue weighted by Crippen LogP contribution is -2.50. The van der Waals surface area contributed by atoms with Crippen LogP contribution < -0.4 is 0 Å². The summed E-state index contributed by atoms with van der Waals surface area (Å²) in [6.45, 7) is 0.513. The predicted molar refractivity (Wildman–Crippen MR) is 127 cm³/mol. The summed E-state index contributed by atoms with van der Waals surface area (Å²) < 4.78 is 5.71. The minimum Gasteiger partial charge on any atom is -0.480 e. The van der Waals surface area contributed by atoms with Crippen LogP contribution in [-0.4, -0.2) is 47.5 Å². The van der Waals surface area contributed by atoms with Crippen LogP contribution in [0, 0.1) is 5.41 Å². The zero-order chi connectivity index (χ0) is 23.7. The molecule has 0 atom stereocenters. The highest BCUT2D eigenvalue weighted by Gasteiger charge is 2.49. The van der Waals surface area contributed by atoms with Gasteiger partial charge in [-0.05, 0) is 35.1 Å². The number of ketones is 1. The fraction of sp³-hybridized carbons (Fsp3) is 0.250. The fourth-order valence-electron chi connectivity index (χ4n) is 5.16. The average molecular weight is 456 g/mol. The van der Waals surface area contributed by atoms with Crippen molar-refractivity contribution in [2.75, 3.05) is 19.7 Å². The second-order valence-electron chi connectivity index (χ2n) is 8.87. The van der Waals surface area contributed by atoms with Crippen molar-refractivity contribution in [2.24, 2.45) is 5.41 Å². The van der Waals surface area contributed by atoms with Crippen LogP contribution in [0.15, 0.2) is 78.9 Å². The number of Topliss-reactive ketones (excluding diaryl/α,β-unsaturated/α-hetero) is 1. The molecule has 0 bridgehead atoms. The number of hydrogen-bond donors (Lipinski definition) is 1. The van der Waals surface area contributed by atoms with Crippen LogP contribution in [0.2, 0.25) is 0 Å². The molecule has 2 aliphatic rings. The van der Waals surface area contributed by atoms with E-state index >= 15 is 0 Å². The third-order valence-electron chi connectivity index (χ3n) is 7.09. The number of amides is 1. The van der Waals surface area contributed by atoms with Crippen LogP contribution >= 0.6 is 0 Å². The number of rotatable bonds is 5. The van der Waals surface area contributed by atoms with Gasteiger partial charge in [0.2, 0.25) is 0 Å². The monoisotopic (exact) mass is 455 g/mol. The van der Waals surface area contributed by atoms with Crippen molar-refractivity contribution in [3.8, 4) is 11.1 Å². The zero-order valence-electron chi connectivity index (χ0n) is 18.6. The molecule has 34 heavy (non-hydrogen) atoms. The highest BCUT2D eigenvalue weighted by atomic mass is 16.6. The van der Waals surface area contributed by atoms with Crippen LogP contribution in [0.3, 0.4) is 0 Å². The summed E-state index contributed by atoms with van der Waals surface area (Å²) >= 11 is 0. The Hall–Kier alpha value is -3.93. The third-order valence-corrected chi connectivity index (χ3v) is 7.09. The van der Waals surface area contributed by atoms with E-state index in [0.717, 1.165) is 22.3 Å². The van der Waals surface area contributed by atoms with Crippen molar-refractivity contribution in [3.05, 3.63) is 95.6 Å². The van der Waals surface area contributed by atoms with Crippen LogP contribution in [0.5, 0.6) is 0 Å². The summed E-state index contributed by atoms with van der Waals surface area (Å²) in [7, 11) is 0. The molecule has 3 aromatic rings. The second-order valence-corrected chi connectivity index (χ2v) is 8.87. The summed E-state index contributed by atoms with van der Waals surface area (Å²) in [6.07, 6.45) is -0.367. The molecule has 6 nitrogen and oxygen atoms in total. The number of carbonyl (C=O) groups is 3. The number of benzene rings is 3. The Bertz CT molecular complexity index is 1200. The third kappa shape index (κ3) is 3.65. The van der Waals surface area contributed by atoms with Crippen molar-refractivity contribution >= 4 is 17.8 Å². The molecule has 1 heterocycles. The summed E-state index contributed by atoms with van der Waals surface area (Å²) in [5.74, 6) is -1.60. The Morgan fingerprint density at radius 1 is 0.824 bits per heavy atom. The molecule has 1 fully saturated rings. The maximum atomic E-state index is 13.1. The lowest BCUT2D eigenvalue weighted by atomic mass is 9.73. The molecular weight excluding hydrogens is 430 g/mol. The van der Waals surface area contributed by atoms with Gasteiger partial charge in [-0.1, -0.05) is 78.9 Å². The number of hydrogen-bond acceptors (Lipinski definition) is 4. The smallest absolute Gasteiger partial charge is 0.409 e. The van der Waals surface area contributed by atoms with Gasteiger partial charge >= 0.3 is 12.1 Å². The van der Waals surface area contributed by atoms with E-state index in [0.29, 0.717) is 5.56 Å². The number of fused-ring (bicyclic) bond motifs is 3. The first-order chi connectivity index (χ1) is 16.5. The highest BCUT2D eigenvalue weighted by Crippen LogP contribution is 2.44. The van der Waals surface area contributed by atoms with E-state index in [-0.39, 0.29) is 38.5 Å². The van der Waals surface area contributed by atoms with Crippen molar-refractivity contribution < 1.29 is 24.2 Å². The van der Waals surface area contributed by atoms with Crippen LogP contribution in [-0.2, 0) is 9.53 Å². The van der Waals surface area contributed by atoms with Gasteiger partial charge in [0.15, 0.2) is 5.78 Å². The molecule has 1 amide bonds. The molecule has 172 valence electrons. The van der Waals surface area contributed by atoms with Crippen molar-refractivity contribution in [3.63, 3.8) is 0 Å². The van der Waals surface area contributed by atoms with Gasteiger partial charge in [-0.25, -0.2) is 4.79 Å². The number of aliphatic carboxylic acids is 1. The first kappa shape index (κ1) is 21.9. The maximum absolute atomic E-state index is 13.1. The predicted octanol–water partition coefficient (Wildman–Crippen LogP) is 4.99. The molecule has 5 rings (SSSR count). The number of piperidine rings is 1. The van der Waals surface area contributed by atoms with Gasteiger partial charge in [-0.15, -0.1) is 0 Å². The normalized spacial score (nSPS) is 16.4. The minimum absolute atomic E-state index is 0.0427. The van der Waals surface area contributed by atoms with E-state index in [4.69, 9.17) is 4.74 Å². The van der Waals surface area contributed by atoms with Gasteiger partial charge in [0.25, 0.3) is 0 Å². The second kappa shape index (κ2) is 8.78. The summed E-state index contributed by atoms with van der Waals surface area (Å²) in [4.78, 5) is 39.6. The van der Waals surface area contributed by atoms with E-state index in [1.807, 2.05) is 24.3 Å². The topological polar surface area (TPSA) is 83.9 Å². The minimum atomic E-state index is -1.53. The van der Waals surface area contributed by atoms with Gasteiger partial charge in [0.05, 0.1) is 0 Å². The quantitative estimate of drug-likeness (QED) is 0.433. The molecule has 0 aromatic heterocycles. The molecule has 0 spiro atoms. The lowest BCUT2D eigenvalue weighted by molar-refractivity contribution is -0.148. The first-order valence-corrected chi connectivity index (χ1v) is 11.4. The van der Waals surface area contributed by atoms with E-state index in [1.54, 1.807) is 30.3 Å². The van der Waals surface area contributed by atoms with Crippen LogP contribution in [0.25, 0.3) is 11.1 Å². The maximum Gasteiger partial charge on any atom is 0.409 e. The standard InChI is InChI=1S/C28H25NO5/c30-25(19-8-2-1-3-9-19)28(26(31)32)14-16-29(17-15-28)27(33)34-18-24-22-12-6-4-10-20(22)21-11-5-7-13-23(21)24/h1-13,24H,14-18H2,(H,31,32). The van der Waals surface area contributed by atoms with E-state index in [1.165, 1.54) is 4.90 Å². The molecule has 3 aromatic carbocycles. The summed E-state index contributed by atoms with van der Waals surface area (Å²) in [6, 6.07) is 24.7. The molecule has 1 aliphatic heterocycles. The van der Waals surface area contributed by atoms with Gasteiger partial charge in [-0.2, -0.15) is 0 Å². The van der Waals surface area contributed by atoms with Crippen molar-refractivity contribution in [1.29, 1.82) is 0 Å². The Morgan fingerprint density at radius 2 is 1.35 bits per heavy atom. The van der Waals surface area contributed by atoms with Crippen LogP contribution in [0.4, 0.5) is 4.79 Å². The molecule has 1 aliphatic carbocycles. The van der Waals surface area contributed by atoms with Gasteiger partial charge in [0, 0.05) is 24.6 Å². The fourth-order valence-corrected chi connectivity index (χ4v) is 5.16. The molecule has 1 N–H and O–H groups in total. The summed E-state index contributed by atoms with van der Waals surface area (Å²) in [5, 5.41) is 9.92. The van der Waals surface area contributed by atoms with E-state index < -0.39 is 23.3 Å². The molecule has 0 unspecified atom stereocenters. The lowest BCUT2D eigenvalue weighted by Gasteiger charge is -2.37. The average Bonchev–Trinajstić information content (AvgIpc) is 3.21. The largest absolute Gasteiger partial charge is 0.480 e. The number of likely N-dealkylation sites (tertiary alicyclic amines) is 1. The first-order valence-electron chi connectivity index (χ1n) is 11.4. The van der Waals surface area contributed by atoms with E-state index in [9.17, 15) is 19.5 Å². The van der Waals surface area contributed by atoms with Crippen molar-refractivity contribution in [2.45, 2.75) is 18.8 Å². The number of ether oxygens (including phenoxy) is 1. The summed E-state index contributed by atoms with van der Waals surface area (Å²) in [5.41, 5.74) is 3.42. The Balaban J connectivity index is 1.26. The van der Waals surface area contributed by atoms with E-state index in [2.05, 4.69) is 24.3 Å². The van der Waals surface area contributed by atoms with Crippen molar-refractivity contribution in [1.82, 2.24) is 4.90 Å². The number of carboxylic acids is 1. The molecule has 6 heteroatoms. The zero-order valence-corrected chi connectivity index (χ0v) is 18.6. The van der Waals surface area contributed by atoms with Gasteiger partial charge < -0.3 is 14.7 Å². The molecule has 0 saturated carbocycles.